The summed E-state index contributed by atoms with van der Waals surface area (Å²) in [5.41, 5.74) is 1.99. The molecule has 0 aromatic carbocycles. The highest BCUT2D eigenvalue weighted by Crippen LogP contribution is 2.35. The van der Waals surface area contributed by atoms with Crippen molar-refractivity contribution in [1.82, 2.24) is 29.3 Å². The lowest BCUT2D eigenvalue weighted by Crippen LogP contribution is -2.36. The number of aryl methyl sites for hydroxylation is 3. The number of carbonyl (C=O) groups excluding carboxylic acids is 1. The van der Waals surface area contributed by atoms with Crippen LogP contribution in [0.25, 0.3) is 5.65 Å². The monoisotopic (exact) mass is 448 g/mol. The molecule has 0 bridgehead atoms. The van der Waals surface area contributed by atoms with Gasteiger partial charge >= 0.3 is 6.18 Å². The van der Waals surface area contributed by atoms with Gasteiger partial charge in [-0.15, -0.1) is 0 Å². The van der Waals surface area contributed by atoms with Gasteiger partial charge in [0, 0.05) is 24.0 Å². The zero-order valence-corrected chi connectivity index (χ0v) is 18.6. The lowest BCUT2D eigenvalue weighted by atomic mass is 10.1. The first-order valence-corrected chi connectivity index (χ1v) is 10.9. The number of alkyl halides is 3. The van der Waals surface area contributed by atoms with Gasteiger partial charge < -0.3 is 4.90 Å². The predicted molar refractivity (Wildman–Crippen MR) is 112 cm³/mol. The van der Waals surface area contributed by atoms with E-state index in [4.69, 9.17) is 0 Å². The summed E-state index contributed by atoms with van der Waals surface area (Å²) in [6.07, 6.45) is -2.73. The van der Waals surface area contributed by atoms with E-state index in [0.717, 1.165) is 28.4 Å². The number of amides is 1. The number of likely N-dealkylation sites (tertiary alicyclic amines) is 1. The van der Waals surface area contributed by atoms with Crippen LogP contribution in [-0.4, -0.2) is 41.7 Å². The van der Waals surface area contributed by atoms with Crippen molar-refractivity contribution in [3.8, 4) is 0 Å². The third-order valence-electron chi connectivity index (χ3n) is 6.00. The molecule has 3 aromatic heterocycles. The average molecular weight is 448 g/mol. The molecule has 2 atom stereocenters. The lowest BCUT2D eigenvalue weighted by molar-refractivity contribution is -0.143. The van der Waals surface area contributed by atoms with Gasteiger partial charge in [0.1, 0.15) is 5.69 Å². The summed E-state index contributed by atoms with van der Waals surface area (Å²) in [5, 5.41) is 8.68. The second kappa shape index (κ2) is 8.22. The molecule has 1 aliphatic rings. The van der Waals surface area contributed by atoms with Crippen LogP contribution in [0.3, 0.4) is 0 Å². The molecule has 3 aromatic rings. The molecule has 1 aliphatic heterocycles. The Morgan fingerprint density at radius 3 is 2.59 bits per heavy atom. The minimum absolute atomic E-state index is 0.0460. The zero-order chi connectivity index (χ0) is 23.2. The van der Waals surface area contributed by atoms with E-state index in [1.54, 1.807) is 17.9 Å². The second-order valence-corrected chi connectivity index (χ2v) is 8.52. The number of aromatic nitrogens is 5. The summed E-state index contributed by atoms with van der Waals surface area (Å²) in [6.45, 7) is 8.48. The Balaban J connectivity index is 1.63. The first-order chi connectivity index (χ1) is 15.1. The highest BCUT2D eigenvalue weighted by atomic mass is 19.4. The number of hydrogen-bond acceptors (Lipinski definition) is 4. The lowest BCUT2D eigenvalue weighted by Gasteiger charge is -2.26. The summed E-state index contributed by atoms with van der Waals surface area (Å²) in [5.74, 6) is -0.364. The summed E-state index contributed by atoms with van der Waals surface area (Å²) >= 11 is 0. The van der Waals surface area contributed by atoms with Gasteiger partial charge in [-0.1, -0.05) is 13.8 Å². The molecule has 32 heavy (non-hydrogen) atoms. The van der Waals surface area contributed by atoms with Crippen LogP contribution in [0.5, 0.6) is 0 Å². The van der Waals surface area contributed by atoms with E-state index < -0.39 is 11.9 Å². The Labute approximate surface area is 184 Å². The van der Waals surface area contributed by atoms with Crippen LogP contribution in [0.2, 0.25) is 0 Å². The third kappa shape index (κ3) is 4.10. The molecule has 0 saturated carbocycles. The largest absolute Gasteiger partial charge is 0.433 e. The maximum atomic E-state index is 13.6. The highest BCUT2D eigenvalue weighted by molar-refractivity contribution is 5.79. The minimum atomic E-state index is -4.55. The first-order valence-electron chi connectivity index (χ1n) is 10.9. The third-order valence-corrected chi connectivity index (χ3v) is 6.00. The zero-order valence-electron chi connectivity index (χ0n) is 18.6. The highest BCUT2D eigenvalue weighted by Gasteiger charge is 2.37. The van der Waals surface area contributed by atoms with Crippen molar-refractivity contribution < 1.29 is 18.0 Å². The Morgan fingerprint density at radius 2 is 1.97 bits per heavy atom. The average Bonchev–Trinajstić information content (AvgIpc) is 3.43. The van der Waals surface area contributed by atoms with E-state index in [-0.39, 0.29) is 23.5 Å². The van der Waals surface area contributed by atoms with Gasteiger partial charge in [-0.05, 0) is 45.2 Å². The maximum absolute atomic E-state index is 13.6. The van der Waals surface area contributed by atoms with Crippen LogP contribution in [0, 0.1) is 19.8 Å². The van der Waals surface area contributed by atoms with Crippen molar-refractivity contribution >= 4 is 11.6 Å². The van der Waals surface area contributed by atoms with Crippen LogP contribution in [0.4, 0.5) is 13.2 Å². The smallest absolute Gasteiger partial charge is 0.334 e. The number of nitrogens with zero attached hydrogens (tertiary/aromatic N) is 6. The molecule has 1 saturated heterocycles. The second-order valence-electron chi connectivity index (χ2n) is 8.52. The van der Waals surface area contributed by atoms with E-state index in [1.807, 2.05) is 31.5 Å². The van der Waals surface area contributed by atoms with E-state index in [2.05, 4.69) is 15.2 Å². The molecule has 0 radical (unpaired) electrons. The Bertz CT molecular complexity index is 1150. The fourth-order valence-electron chi connectivity index (χ4n) is 4.41. The van der Waals surface area contributed by atoms with Crippen LogP contribution < -0.4 is 0 Å². The standard InChI is InChI=1S/C22H27F3N6O/c1-5-16-10-19(22(23,24)25)31-20(26-16)11-17(28-31)18-7-6-8-29(18)21(32)13(2)12-30-15(4)9-14(3)27-30/h9-11,13,18H,5-8,12H2,1-4H3. The van der Waals surface area contributed by atoms with Crippen LogP contribution in [-0.2, 0) is 23.9 Å². The maximum Gasteiger partial charge on any atom is 0.433 e. The SMILES string of the molecule is CCc1cc(C(F)(F)F)n2nc(C3CCCN3C(=O)C(C)Cn3nc(C)cc3C)cc2n1. The van der Waals surface area contributed by atoms with Gasteiger partial charge in [0.05, 0.1) is 29.9 Å². The van der Waals surface area contributed by atoms with Crippen molar-refractivity contribution in [2.75, 3.05) is 6.54 Å². The summed E-state index contributed by atoms with van der Waals surface area (Å²) in [7, 11) is 0. The van der Waals surface area contributed by atoms with Gasteiger partial charge in [0.15, 0.2) is 5.65 Å². The molecule has 2 unspecified atom stereocenters. The first kappa shape index (κ1) is 22.3. The van der Waals surface area contributed by atoms with Gasteiger partial charge in [-0.3, -0.25) is 9.48 Å². The van der Waals surface area contributed by atoms with Crippen molar-refractivity contribution in [2.24, 2.45) is 5.92 Å². The van der Waals surface area contributed by atoms with Gasteiger partial charge in [0.2, 0.25) is 5.91 Å². The molecule has 1 fully saturated rings. The van der Waals surface area contributed by atoms with Crippen LogP contribution in [0.1, 0.15) is 61.2 Å². The molecule has 7 nitrogen and oxygen atoms in total. The van der Waals surface area contributed by atoms with Crippen LogP contribution >= 0.6 is 0 Å². The molecule has 1 amide bonds. The Hall–Kier alpha value is -2.91. The molecule has 0 N–H and O–H groups in total. The fraction of sp³-hybridized carbons (Fsp3) is 0.545. The molecule has 0 aliphatic carbocycles. The molecule has 0 spiro atoms. The van der Waals surface area contributed by atoms with E-state index in [9.17, 15) is 18.0 Å². The molecule has 172 valence electrons. The number of carbonyl (C=O) groups is 1. The molecular weight excluding hydrogens is 421 g/mol. The van der Waals surface area contributed by atoms with Crippen molar-refractivity contribution in [2.45, 2.75) is 65.7 Å². The van der Waals surface area contributed by atoms with Crippen molar-refractivity contribution in [3.63, 3.8) is 0 Å². The number of halogens is 3. The molecule has 4 rings (SSSR count). The topological polar surface area (TPSA) is 68.3 Å². The molecule has 10 heteroatoms. The molecular formula is C22H27F3N6O. The van der Waals surface area contributed by atoms with Gasteiger partial charge in [-0.2, -0.15) is 23.4 Å². The van der Waals surface area contributed by atoms with Crippen molar-refractivity contribution in [1.29, 1.82) is 0 Å². The number of fused-ring (bicyclic) bond motifs is 1. The Morgan fingerprint density at radius 1 is 1.22 bits per heavy atom. The van der Waals surface area contributed by atoms with Gasteiger partial charge in [0.25, 0.3) is 0 Å². The summed E-state index contributed by atoms with van der Waals surface area (Å²) in [6, 6.07) is 4.22. The number of hydrogen-bond donors (Lipinski definition) is 0. The van der Waals surface area contributed by atoms with E-state index in [0.29, 0.717) is 37.3 Å². The quantitative estimate of drug-likeness (QED) is 0.589. The van der Waals surface area contributed by atoms with Crippen molar-refractivity contribution in [3.05, 3.63) is 46.7 Å². The molecule has 4 heterocycles. The minimum Gasteiger partial charge on any atom is -0.334 e. The van der Waals surface area contributed by atoms with E-state index in [1.165, 1.54) is 0 Å². The van der Waals surface area contributed by atoms with Crippen LogP contribution in [0.15, 0.2) is 18.2 Å². The summed E-state index contributed by atoms with van der Waals surface area (Å²) < 4.78 is 43.5. The summed E-state index contributed by atoms with van der Waals surface area (Å²) in [4.78, 5) is 19.3. The normalized spacial score (nSPS) is 18.0. The Kier molecular flexibility index (Phi) is 5.72. The van der Waals surface area contributed by atoms with E-state index >= 15 is 0 Å². The predicted octanol–water partition coefficient (Wildman–Crippen LogP) is 4.12. The fourth-order valence-corrected chi connectivity index (χ4v) is 4.41. The van der Waals surface area contributed by atoms with Gasteiger partial charge in [-0.25, -0.2) is 9.50 Å². The number of rotatable bonds is 5.